The first-order chi connectivity index (χ1) is 15.6. The Morgan fingerprint density at radius 1 is 1.03 bits per heavy atom. The van der Waals surface area contributed by atoms with Gasteiger partial charge in [-0.05, 0) is 39.8 Å². The molecule has 4 rings (SSSR count). The third-order valence-corrected chi connectivity index (χ3v) is 7.64. The van der Waals surface area contributed by atoms with Crippen LogP contribution in [0.5, 0.6) is 0 Å². The Morgan fingerprint density at radius 3 is 2.47 bits per heavy atom. The van der Waals surface area contributed by atoms with Crippen LogP contribution in [0.2, 0.25) is 0 Å². The largest absolute Gasteiger partial charge is 0.367 e. The number of rotatable bonds is 7. The summed E-state index contributed by atoms with van der Waals surface area (Å²) in [4.78, 5) is 31.2. The number of piperidine rings is 1. The molecule has 1 aromatic heterocycles. The maximum absolute atomic E-state index is 12.8. The highest BCUT2D eigenvalue weighted by Gasteiger charge is 2.28. The van der Waals surface area contributed by atoms with Crippen LogP contribution in [0, 0.1) is 5.92 Å². The van der Waals surface area contributed by atoms with Gasteiger partial charge < -0.3 is 24.9 Å². The normalized spacial score (nSPS) is 21.8. The smallest absolute Gasteiger partial charge is 0.223 e. The van der Waals surface area contributed by atoms with E-state index < -0.39 is 0 Å². The fourth-order valence-corrected chi connectivity index (χ4v) is 5.39. The molecule has 8 nitrogen and oxygen atoms in total. The van der Waals surface area contributed by atoms with Crippen LogP contribution in [0.3, 0.4) is 0 Å². The zero-order valence-corrected chi connectivity index (χ0v) is 20.0. The fraction of sp³-hybridized carbons (Fsp3) is 0.792. The van der Waals surface area contributed by atoms with Gasteiger partial charge in [-0.2, -0.15) is 0 Å². The van der Waals surface area contributed by atoms with Gasteiger partial charge in [-0.25, -0.2) is 9.97 Å². The molecule has 1 amide bonds. The average molecular weight is 444 g/mol. The van der Waals surface area contributed by atoms with Crippen molar-refractivity contribution in [2.45, 2.75) is 51.0 Å². The summed E-state index contributed by atoms with van der Waals surface area (Å²) < 4.78 is 0. The molecule has 8 heteroatoms. The van der Waals surface area contributed by atoms with Gasteiger partial charge in [0.15, 0.2) is 5.82 Å². The number of aromatic nitrogens is 2. The molecule has 0 spiro atoms. The van der Waals surface area contributed by atoms with Crippen LogP contribution in [0.1, 0.15) is 44.9 Å². The molecule has 1 saturated carbocycles. The van der Waals surface area contributed by atoms with E-state index in [9.17, 15) is 4.79 Å². The minimum Gasteiger partial charge on any atom is -0.367 e. The van der Waals surface area contributed by atoms with Crippen LogP contribution in [-0.2, 0) is 4.79 Å². The summed E-state index contributed by atoms with van der Waals surface area (Å²) in [6.45, 7) is 7.58. The van der Waals surface area contributed by atoms with Gasteiger partial charge in [-0.3, -0.25) is 4.79 Å². The summed E-state index contributed by atoms with van der Waals surface area (Å²) in [6, 6.07) is 0.700. The molecule has 0 radical (unpaired) electrons. The summed E-state index contributed by atoms with van der Waals surface area (Å²) in [5, 5.41) is 3.21. The number of hydrogen-bond acceptors (Lipinski definition) is 7. The van der Waals surface area contributed by atoms with E-state index in [1.165, 1.54) is 32.1 Å². The number of hydrogen-bond donors (Lipinski definition) is 1. The van der Waals surface area contributed by atoms with Crippen molar-refractivity contribution in [1.29, 1.82) is 0 Å². The average Bonchev–Trinajstić information content (AvgIpc) is 2.85. The van der Waals surface area contributed by atoms with Crippen molar-refractivity contribution in [3.05, 3.63) is 12.5 Å². The zero-order chi connectivity index (χ0) is 22.3. The first-order valence-corrected chi connectivity index (χ1v) is 12.6. The van der Waals surface area contributed by atoms with Gasteiger partial charge in [0.25, 0.3) is 0 Å². The summed E-state index contributed by atoms with van der Waals surface area (Å²) in [5.41, 5.74) is 1.12. The van der Waals surface area contributed by atoms with Gasteiger partial charge in [0.05, 0.1) is 11.9 Å². The lowest BCUT2D eigenvalue weighted by Crippen LogP contribution is -2.46. The molecule has 178 valence electrons. The predicted molar refractivity (Wildman–Crippen MR) is 129 cm³/mol. The lowest BCUT2D eigenvalue weighted by atomic mass is 9.94. The molecule has 0 aromatic carbocycles. The fourth-order valence-electron chi connectivity index (χ4n) is 5.39. The molecule has 1 aromatic rings. The van der Waals surface area contributed by atoms with Crippen LogP contribution in [0.25, 0.3) is 0 Å². The van der Waals surface area contributed by atoms with Crippen molar-refractivity contribution < 1.29 is 4.79 Å². The van der Waals surface area contributed by atoms with Crippen molar-refractivity contribution in [2.24, 2.45) is 5.92 Å². The van der Waals surface area contributed by atoms with Gasteiger partial charge in [0.1, 0.15) is 6.33 Å². The van der Waals surface area contributed by atoms with Gasteiger partial charge in [-0.1, -0.05) is 19.3 Å². The van der Waals surface area contributed by atoms with E-state index in [4.69, 9.17) is 0 Å². The highest BCUT2D eigenvalue weighted by molar-refractivity contribution is 5.79. The summed E-state index contributed by atoms with van der Waals surface area (Å²) in [7, 11) is 4.38. The number of likely N-dealkylation sites (N-methyl/N-ethyl adjacent to an activating group) is 2. The SMILES string of the molecule is CN1CCN(c2ncncc2N2CCC(C(=O)NCCN(C)C3CCCCC3)CC2)CC1. The van der Waals surface area contributed by atoms with E-state index in [-0.39, 0.29) is 11.8 Å². The number of carbonyl (C=O) groups is 1. The highest BCUT2D eigenvalue weighted by atomic mass is 16.1. The Labute approximate surface area is 193 Å². The first kappa shape index (κ1) is 23.2. The van der Waals surface area contributed by atoms with Crippen LogP contribution in [0.4, 0.5) is 11.5 Å². The maximum Gasteiger partial charge on any atom is 0.223 e. The molecule has 1 aliphatic carbocycles. The van der Waals surface area contributed by atoms with Crippen molar-refractivity contribution >= 4 is 17.4 Å². The van der Waals surface area contributed by atoms with Crippen LogP contribution >= 0.6 is 0 Å². The third kappa shape index (κ3) is 5.90. The molecule has 1 N–H and O–H groups in total. The molecule has 3 heterocycles. The number of amides is 1. The minimum absolute atomic E-state index is 0.114. The van der Waals surface area contributed by atoms with Crippen molar-refractivity contribution in [3.63, 3.8) is 0 Å². The van der Waals surface area contributed by atoms with Crippen LogP contribution in [0.15, 0.2) is 12.5 Å². The second kappa shape index (κ2) is 11.3. The van der Waals surface area contributed by atoms with E-state index >= 15 is 0 Å². The molecule has 0 unspecified atom stereocenters. The number of nitrogens with zero attached hydrogens (tertiary/aromatic N) is 6. The van der Waals surface area contributed by atoms with Gasteiger partial charge in [-0.15, -0.1) is 0 Å². The van der Waals surface area contributed by atoms with E-state index in [0.29, 0.717) is 6.04 Å². The van der Waals surface area contributed by atoms with Crippen molar-refractivity contribution in [2.75, 3.05) is 76.3 Å². The van der Waals surface area contributed by atoms with Crippen molar-refractivity contribution in [1.82, 2.24) is 25.1 Å². The van der Waals surface area contributed by atoms with Crippen LogP contribution < -0.4 is 15.1 Å². The van der Waals surface area contributed by atoms with E-state index in [2.05, 4.69) is 49.0 Å². The third-order valence-electron chi connectivity index (χ3n) is 7.64. The van der Waals surface area contributed by atoms with E-state index in [1.54, 1.807) is 6.33 Å². The summed E-state index contributed by atoms with van der Waals surface area (Å²) in [6.07, 6.45) is 12.1. The quantitative estimate of drug-likeness (QED) is 0.689. The van der Waals surface area contributed by atoms with Gasteiger partial charge >= 0.3 is 0 Å². The lowest BCUT2D eigenvalue weighted by Gasteiger charge is -2.38. The standard InChI is InChI=1S/C24H41N7O/c1-28-14-16-31(17-15-28)23-22(18-25-19-27-23)30-11-8-20(9-12-30)24(32)26-10-13-29(2)21-6-4-3-5-7-21/h18-21H,3-17H2,1-2H3,(H,26,32). The zero-order valence-electron chi connectivity index (χ0n) is 20.0. The first-order valence-electron chi connectivity index (χ1n) is 12.6. The molecule has 3 aliphatic rings. The van der Waals surface area contributed by atoms with Gasteiger partial charge in [0.2, 0.25) is 5.91 Å². The summed E-state index contributed by atoms with van der Waals surface area (Å²) >= 11 is 0. The topological polar surface area (TPSA) is 67.8 Å². The number of piperazine rings is 1. The highest BCUT2D eigenvalue weighted by Crippen LogP contribution is 2.30. The maximum atomic E-state index is 12.8. The van der Waals surface area contributed by atoms with Gasteiger partial charge in [0, 0.05) is 64.3 Å². The predicted octanol–water partition coefficient (Wildman–Crippen LogP) is 1.83. The molecular weight excluding hydrogens is 402 g/mol. The second-order valence-electron chi connectivity index (χ2n) is 9.85. The molecule has 32 heavy (non-hydrogen) atoms. The molecule has 0 atom stereocenters. The minimum atomic E-state index is 0.114. The Kier molecular flexibility index (Phi) is 8.19. The van der Waals surface area contributed by atoms with Crippen molar-refractivity contribution in [3.8, 4) is 0 Å². The number of nitrogens with one attached hydrogen (secondary N) is 1. The molecule has 2 saturated heterocycles. The van der Waals surface area contributed by atoms with E-state index in [1.807, 2.05) is 6.20 Å². The Balaban J connectivity index is 1.23. The molecule has 0 bridgehead atoms. The van der Waals surface area contributed by atoms with Crippen LogP contribution in [-0.4, -0.2) is 98.2 Å². The molecular formula is C24H41N7O. The number of anilines is 2. The molecule has 2 aliphatic heterocycles. The summed E-state index contributed by atoms with van der Waals surface area (Å²) in [5.74, 6) is 1.38. The second-order valence-corrected chi connectivity index (χ2v) is 9.85. The lowest BCUT2D eigenvalue weighted by molar-refractivity contribution is -0.125. The Morgan fingerprint density at radius 2 is 1.75 bits per heavy atom. The Hall–Kier alpha value is -1.93. The van der Waals surface area contributed by atoms with E-state index in [0.717, 1.165) is 76.7 Å². The molecule has 3 fully saturated rings. The number of carbonyl (C=O) groups excluding carboxylic acids is 1. The Bertz CT molecular complexity index is 723. The monoisotopic (exact) mass is 443 g/mol.